The van der Waals surface area contributed by atoms with Crippen molar-refractivity contribution in [2.75, 3.05) is 19.6 Å². The van der Waals surface area contributed by atoms with Crippen LogP contribution in [0.5, 0.6) is 0 Å². The molecule has 1 atom stereocenters. The number of hydrogen-bond acceptors (Lipinski definition) is 2. The van der Waals surface area contributed by atoms with Crippen molar-refractivity contribution in [3.8, 4) is 0 Å². The number of halogens is 2. The van der Waals surface area contributed by atoms with Crippen LogP contribution >= 0.6 is 23.2 Å². The summed E-state index contributed by atoms with van der Waals surface area (Å²) in [7, 11) is 1.71. The fourth-order valence-corrected chi connectivity index (χ4v) is 2.81. The van der Waals surface area contributed by atoms with Crippen LogP contribution in [0.1, 0.15) is 25.2 Å². The molecule has 0 aliphatic heterocycles. The number of aromatic nitrogens is 2. The van der Waals surface area contributed by atoms with E-state index in [-0.39, 0.29) is 6.04 Å². The number of nitrogens with zero attached hydrogens (tertiary/aromatic N) is 2. The van der Waals surface area contributed by atoms with Crippen LogP contribution in [0.15, 0.2) is 18.2 Å². The maximum absolute atomic E-state index is 6.34. The SMILES string of the molecule is CCC(COC)n1c(CCCl)nc2cccc(Cl)c21. The lowest BCUT2D eigenvalue weighted by Gasteiger charge is -2.20. The maximum atomic E-state index is 6.34. The summed E-state index contributed by atoms with van der Waals surface area (Å²) in [6.45, 7) is 2.78. The minimum atomic E-state index is 0.230. The lowest BCUT2D eigenvalue weighted by atomic mass is 10.2. The number of hydrogen-bond donors (Lipinski definition) is 0. The molecule has 2 aromatic rings. The number of methoxy groups -OCH3 is 1. The first kappa shape index (κ1) is 14.6. The van der Waals surface area contributed by atoms with E-state index in [1.54, 1.807) is 7.11 Å². The van der Waals surface area contributed by atoms with Gasteiger partial charge in [0.2, 0.25) is 0 Å². The highest BCUT2D eigenvalue weighted by Crippen LogP contribution is 2.29. The van der Waals surface area contributed by atoms with Gasteiger partial charge in [-0.25, -0.2) is 4.98 Å². The smallest absolute Gasteiger partial charge is 0.111 e. The van der Waals surface area contributed by atoms with Gasteiger partial charge in [-0.3, -0.25) is 0 Å². The first-order valence-electron chi connectivity index (χ1n) is 6.43. The molecule has 1 unspecified atom stereocenters. The Morgan fingerprint density at radius 3 is 2.84 bits per heavy atom. The second-order valence-electron chi connectivity index (χ2n) is 4.46. The summed E-state index contributed by atoms with van der Waals surface area (Å²) < 4.78 is 7.50. The topological polar surface area (TPSA) is 27.1 Å². The van der Waals surface area contributed by atoms with Gasteiger partial charge >= 0.3 is 0 Å². The minimum Gasteiger partial charge on any atom is -0.383 e. The number of ether oxygens (including phenoxy) is 1. The highest BCUT2D eigenvalue weighted by Gasteiger charge is 2.19. The van der Waals surface area contributed by atoms with Gasteiger partial charge in [0.05, 0.1) is 28.7 Å². The number of fused-ring (bicyclic) bond motifs is 1. The van der Waals surface area contributed by atoms with Gasteiger partial charge in [-0.15, -0.1) is 11.6 Å². The average molecular weight is 301 g/mol. The zero-order chi connectivity index (χ0) is 13.8. The molecule has 0 spiro atoms. The summed E-state index contributed by atoms with van der Waals surface area (Å²) in [6.07, 6.45) is 1.69. The van der Waals surface area contributed by atoms with Crippen LogP contribution in [0.25, 0.3) is 11.0 Å². The highest BCUT2D eigenvalue weighted by atomic mass is 35.5. The van der Waals surface area contributed by atoms with Crippen molar-refractivity contribution < 1.29 is 4.74 Å². The zero-order valence-corrected chi connectivity index (χ0v) is 12.7. The number of imidazole rings is 1. The van der Waals surface area contributed by atoms with Crippen LogP contribution in [0.4, 0.5) is 0 Å². The van der Waals surface area contributed by atoms with Gasteiger partial charge < -0.3 is 9.30 Å². The van der Waals surface area contributed by atoms with E-state index in [9.17, 15) is 0 Å². The Labute approximate surface area is 123 Å². The molecule has 0 aliphatic rings. The third kappa shape index (κ3) is 2.88. The van der Waals surface area contributed by atoms with Crippen molar-refractivity contribution in [3.63, 3.8) is 0 Å². The van der Waals surface area contributed by atoms with Gasteiger partial charge in [-0.05, 0) is 18.6 Å². The van der Waals surface area contributed by atoms with Gasteiger partial charge in [-0.1, -0.05) is 24.6 Å². The summed E-state index contributed by atoms with van der Waals surface area (Å²) in [5.41, 5.74) is 1.90. The number of aryl methyl sites for hydroxylation is 1. The average Bonchev–Trinajstić information content (AvgIpc) is 2.76. The maximum Gasteiger partial charge on any atom is 0.111 e. The van der Waals surface area contributed by atoms with Gasteiger partial charge in [0, 0.05) is 19.4 Å². The van der Waals surface area contributed by atoms with Gasteiger partial charge in [0.1, 0.15) is 5.82 Å². The van der Waals surface area contributed by atoms with Gasteiger partial charge in [0.25, 0.3) is 0 Å². The van der Waals surface area contributed by atoms with E-state index in [0.29, 0.717) is 12.5 Å². The summed E-state index contributed by atoms with van der Waals surface area (Å²) in [6, 6.07) is 6.03. The van der Waals surface area contributed by atoms with Crippen LogP contribution in [0, 0.1) is 0 Å². The molecule has 2 rings (SSSR count). The standard InChI is InChI=1S/C14H18Cl2N2O/c1-3-10(9-19-2)18-13(7-8-15)17-12-6-4-5-11(16)14(12)18/h4-6,10H,3,7-9H2,1-2H3. The third-order valence-corrected chi connectivity index (χ3v) is 3.74. The Morgan fingerprint density at radius 2 is 2.21 bits per heavy atom. The predicted molar refractivity (Wildman–Crippen MR) is 80.4 cm³/mol. The lowest BCUT2D eigenvalue weighted by molar-refractivity contribution is 0.153. The molecule has 0 amide bonds. The summed E-state index contributed by atoms with van der Waals surface area (Å²) in [4.78, 5) is 4.65. The first-order chi connectivity index (χ1) is 9.22. The van der Waals surface area contributed by atoms with Crippen molar-refractivity contribution in [3.05, 3.63) is 29.0 Å². The molecular formula is C14H18Cl2N2O. The predicted octanol–water partition coefficient (Wildman–Crippen LogP) is 4.07. The number of rotatable bonds is 6. The number of benzene rings is 1. The summed E-state index contributed by atoms with van der Waals surface area (Å²) in [5.74, 6) is 1.52. The van der Waals surface area contributed by atoms with Gasteiger partial charge in [-0.2, -0.15) is 0 Å². The molecule has 104 valence electrons. The van der Waals surface area contributed by atoms with Crippen LogP contribution in [0.2, 0.25) is 5.02 Å². The second-order valence-corrected chi connectivity index (χ2v) is 5.25. The molecule has 1 aromatic heterocycles. The Kier molecular flexibility index (Phi) is 5.08. The molecular weight excluding hydrogens is 283 g/mol. The van der Waals surface area contributed by atoms with E-state index in [0.717, 1.165) is 34.7 Å². The Bertz CT molecular complexity index is 554. The van der Waals surface area contributed by atoms with Crippen LogP contribution in [0.3, 0.4) is 0 Å². The summed E-state index contributed by atoms with van der Waals surface area (Å²) >= 11 is 12.2. The third-order valence-electron chi connectivity index (χ3n) is 3.25. The monoisotopic (exact) mass is 300 g/mol. The molecule has 1 aromatic carbocycles. The molecule has 3 nitrogen and oxygen atoms in total. The quantitative estimate of drug-likeness (QED) is 0.752. The molecule has 0 fully saturated rings. The summed E-state index contributed by atoms with van der Waals surface area (Å²) in [5, 5.41) is 0.723. The van der Waals surface area contributed by atoms with Gasteiger partial charge in [0.15, 0.2) is 0 Å². The molecule has 0 bridgehead atoms. The van der Waals surface area contributed by atoms with Crippen molar-refractivity contribution >= 4 is 34.2 Å². The Hall–Kier alpha value is -0.770. The molecule has 1 heterocycles. The van der Waals surface area contributed by atoms with Crippen LogP contribution < -0.4 is 0 Å². The van der Waals surface area contributed by atoms with Crippen molar-refractivity contribution in [1.29, 1.82) is 0 Å². The number of alkyl halides is 1. The fraction of sp³-hybridized carbons (Fsp3) is 0.500. The van der Waals surface area contributed by atoms with E-state index in [4.69, 9.17) is 27.9 Å². The van der Waals surface area contributed by atoms with Crippen molar-refractivity contribution in [1.82, 2.24) is 9.55 Å². The molecule has 0 radical (unpaired) electrons. The zero-order valence-electron chi connectivity index (χ0n) is 11.2. The van der Waals surface area contributed by atoms with E-state index in [1.165, 1.54) is 0 Å². The van der Waals surface area contributed by atoms with Crippen LogP contribution in [-0.4, -0.2) is 29.1 Å². The second kappa shape index (κ2) is 6.60. The molecule has 0 N–H and O–H groups in total. The van der Waals surface area contributed by atoms with Crippen molar-refractivity contribution in [2.45, 2.75) is 25.8 Å². The first-order valence-corrected chi connectivity index (χ1v) is 7.34. The lowest BCUT2D eigenvalue weighted by Crippen LogP contribution is -2.17. The highest BCUT2D eigenvalue weighted by molar-refractivity contribution is 6.35. The van der Waals surface area contributed by atoms with E-state index < -0.39 is 0 Å². The van der Waals surface area contributed by atoms with E-state index >= 15 is 0 Å². The molecule has 0 saturated heterocycles. The Morgan fingerprint density at radius 1 is 1.42 bits per heavy atom. The number of para-hydroxylation sites is 1. The largest absolute Gasteiger partial charge is 0.383 e. The van der Waals surface area contributed by atoms with E-state index in [2.05, 4.69) is 16.5 Å². The molecule has 5 heteroatoms. The van der Waals surface area contributed by atoms with E-state index in [1.807, 2.05) is 18.2 Å². The Balaban J connectivity index is 2.62. The molecule has 0 saturated carbocycles. The minimum absolute atomic E-state index is 0.230. The fourth-order valence-electron chi connectivity index (χ4n) is 2.38. The molecule has 19 heavy (non-hydrogen) atoms. The molecule has 0 aliphatic carbocycles. The normalized spacial score (nSPS) is 13.1. The van der Waals surface area contributed by atoms with Crippen LogP contribution in [-0.2, 0) is 11.2 Å². The van der Waals surface area contributed by atoms with Crippen molar-refractivity contribution in [2.24, 2.45) is 0 Å².